The van der Waals surface area contributed by atoms with Crippen molar-refractivity contribution in [2.24, 2.45) is 0 Å². The van der Waals surface area contributed by atoms with Gasteiger partial charge in [0, 0.05) is 6.42 Å². The van der Waals surface area contributed by atoms with Crippen LogP contribution >= 0.6 is 0 Å². The molecular weight excluding hydrogens is 142 g/mol. The predicted molar refractivity (Wildman–Crippen MR) is 42.7 cm³/mol. The maximum absolute atomic E-state index is 7.21. The Morgan fingerprint density at radius 3 is 2.09 bits per heavy atom. The van der Waals surface area contributed by atoms with Gasteiger partial charge in [-0.1, -0.05) is 13.8 Å². The van der Waals surface area contributed by atoms with Crippen molar-refractivity contribution in [3.05, 3.63) is 0 Å². The molecule has 0 amide bonds. The van der Waals surface area contributed by atoms with E-state index >= 15 is 0 Å². The summed E-state index contributed by atoms with van der Waals surface area (Å²) in [5, 5.41) is 7.21. The van der Waals surface area contributed by atoms with Gasteiger partial charge in [0.25, 0.3) is 0 Å². The van der Waals surface area contributed by atoms with E-state index in [1.807, 2.05) is 0 Å². The zero-order valence-corrected chi connectivity index (χ0v) is 7.09. The highest BCUT2D eigenvalue weighted by Gasteiger charge is 2.24. The molecule has 1 saturated heterocycles. The minimum Gasteiger partial charge on any atom is -0.447 e. The molecule has 0 radical (unpaired) electrons. The highest BCUT2D eigenvalue weighted by Crippen LogP contribution is 2.18. The Labute approximate surface area is 67.2 Å². The molecule has 0 spiro atoms. The van der Waals surface area contributed by atoms with Gasteiger partial charge in [-0.25, -0.2) is 5.41 Å². The van der Waals surface area contributed by atoms with Crippen LogP contribution in [0.4, 0.5) is 0 Å². The lowest BCUT2D eigenvalue weighted by molar-refractivity contribution is -0.0122. The lowest BCUT2D eigenvalue weighted by Crippen LogP contribution is -2.33. The Kier molecular flexibility index (Phi) is 2.74. The summed E-state index contributed by atoms with van der Waals surface area (Å²) in [7, 11) is 0. The van der Waals surface area contributed by atoms with Crippen molar-refractivity contribution in [3.8, 4) is 0 Å². The standard InChI is InChI=1S/C8H15NO2/c1-3-6-5-7(4-2)11-8(9)10-6/h6-7,9H,3-5H2,1-2H3. The molecule has 11 heavy (non-hydrogen) atoms. The van der Waals surface area contributed by atoms with Gasteiger partial charge >= 0.3 is 6.08 Å². The number of nitrogens with one attached hydrogen (secondary N) is 1. The van der Waals surface area contributed by atoms with E-state index in [9.17, 15) is 0 Å². The van der Waals surface area contributed by atoms with Crippen molar-refractivity contribution in [1.82, 2.24) is 0 Å². The van der Waals surface area contributed by atoms with Gasteiger partial charge in [-0.2, -0.15) is 0 Å². The Balaban J connectivity index is 2.43. The van der Waals surface area contributed by atoms with Crippen molar-refractivity contribution < 1.29 is 9.47 Å². The zero-order chi connectivity index (χ0) is 8.27. The van der Waals surface area contributed by atoms with E-state index in [-0.39, 0.29) is 18.3 Å². The highest BCUT2D eigenvalue weighted by atomic mass is 16.7. The monoisotopic (exact) mass is 157 g/mol. The summed E-state index contributed by atoms with van der Waals surface area (Å²) in [5.74, 6) is 0. The lowest BCUT2D eigenvalue weighted by Gasteiger charge is -2.29. The first kappa shape index (κ1) is 8.37. The van der Waals surface area contributed by atoms with Crippen LogP contribution in [0.3, 0.4) is 0 Å². The van der Waals surface area contributed by atoms with Crippen LogP contribution in [0, 0.1) is 5.41 Å². The van der Waals surface area contributed by atoms with E-state index in [2.05, 4.69) is 13.8 Å². The average molecular weight is 157 g/mol. The second-order valence-electron chi connectivity index (χ2n) is 2.82. The Morgan fingerprint density at radius 2 is 1.73 bits per heavy atom. The minimum absolute atomic E-state index is 0.00468. The van der Waals surface area contributed by atoms with Gasteiger partial charge in [0.15, 0.2) is 0 Å². The van der Waals surface area contributed by atoms with Crippen LogP contribution in [-0.4, -0.2) is 18.3 Å². The van der Waals surface area contributed by atoms with Crippen molar-refractivity contribution in [2.45, 2.75) is 45.3 Å². The van der Waals surface area contributed by atoms with E-state index in [1.54, 1.807) is 0 Å². The normalized spacial score (nSPS) is 30.9. The van der Waals surface area contributed by atoms with Crippen molar-refractivity contribution in [1.29, 1.82) is 5.41 Å². The highest BCUT2D eigenvalue weighted by molar-refractivity contribution is 5.63. The fraction of sp³-hybridized carbons (Fsp3) is 0.875. The quantitative estimate of drug-likeness (QED) is 0.665. The summed E-state index contributed by atoms with van der Waals surface area (Å²) >= 11 is 0. The molecule has 2 unspecified atom stereocenters. The fourth-order valence-corrected chi connectivity index (χ4v) is 1.22. The molecule has 0 aromatic carbocycles. The molecule has 0 aromatic heterocycles. The van der Waals surface area contributed by atoms with E-state index in [0.29, 0.717) is 0 Å². The SMILES string of the molecule is CCC1CC(CC)OC(=N)O1. The summed E-state index contributed by atoms with van der Waals surface area (Å²) in [6.45, 7) is 4.13. The first-order valence-electron chi connectivity index (χ1n) is 4.18. The van der Waals surface area contributed by atoms with Crippen LogP contribution in [0.1, 0.15) is 33.1 Å². The van der Waals surface area contributed by atoms with Gasteiger partial charge in [0.1, 0.15) is 12.2 Å². The van der Waals surface area contributed by atoms with Crippen LogP contribution in [0.5, 0.6) is 0 Å². The largest absolute Gasteiger partial charge is 0.447 e. The molecule has 3 nitrogen and oxygen atoms in total. The summed E-state index contributed by atoms with van der Waals surface area (Å²) in [6.07, 6.45) is 3.23. The molecule has 3 heteroatoms. The zero-order valence-electron chi connectivity index (χ0n) is 7.09. The molecule has 1 aliphatic rings. The lowest BCUT2D eigenvalue weighted by atomic mass is 10.1. The molecule has 0 saturated carbocycles. The molecule has 1 N–H and O–H groups in total. The second-order valence-corrected chi connectivity index (χ2v) is 2.82. The third-order valence-corrected chi connectivity index (χ3v) is 1.98. The Hall–Kier alpha value is -0.730. The fourth-order valence-electron chi connectivity index (χ4n) is 1.22. The van der Waals surface area contributed by atoms with E-state index in [1.165, 1.54) is 0 Å². The van der Waals surface area contributed by atoms with E-state index < -0.39 is 0 Å². The molecule has 1 rings (SSSR count). The third kappa shape index (κ3) is 2.10. The van der Waals surface area contributed by atoms with Crippen molar-refractivity contribution in [3.63, 3.8) is 0 Å². The van der Waals surface area contributed by atoms with Crippen LogP contribution in [0.25, 0.3) is 0 Å². The van der Waals surface area contributed by atoms with Crippen molar-refractivity contribution in [2.75, 3.05) is 0 Å². The second kappa shape index (κ2) is 3.60. The summed E-state index contributed by atoms with van der Waals surface area (Å²) < 4.78 is 10.3. The number of ether oxygens (including phenoxy) is 2. The van der Waals surface area contributed by atoms with Gasteiger partial charge in [0.05, 0.1) is 0 Å². The van der Waals surface area contributed by atoms with Gasteiger partial charge in [-0.3, -0.25) is 0 Å². The maximum atomic E-state index is 7.21. The number of hydrogen-bond donors (Lipinski definition) is 1. The van der Waals surface area contributed by atoms with Gasteiger partial charge < -0.3 is 9.47 Å². The molecular formula is C8H15NO2. The van der Waals surface area contributed by atoms with Gasteiger partial charge in [0.2, 0.25) is 0 Å². The molecule has 0 aromatic rings. The molecule has 1 aliphatic heterocycles. The molecule has 2 atom stereocenters. The van der Waals surface area contributed by atoms with Gasteiger partial charge in [-0.05, 0) is 12.8 Å². The first-order chi connectivity index (χ1) is 5.26. The molecule has 64 valence electrons. The summed E-state index contributed by atoms with van der Waals surface area (Å²) in [6, 6.07) is 0. The summed E-state index contributed by atoms with van der Waals surface area (Å²) in [5.41, 5.74) is 0. The van der Waals surface area contributed by atoms with Crippen molar-refractivity contribution >= 4 is 6.08 Å². The Morgan fingerprint density at radius 1 is 1.27 bits per heavy atom. The topological polar surface area (TPSA) is 42.3 Å². The molecule has 0 aliphatic carbocycles. The summed E-state index contributed by atoms with van der Waals surface area (Å²) in [4.78, 5) is 0. The first-order valence-corrected chi connectivity index (χ1v) is 4.18. The third-order valence-electron chi connectivity index (χ3n) is 1.98. The van der Waals surface area contributed by atoms with Crippen LogP contribution in [-0.2, 0) is 9.47 Å². The van der Waals surface area contributed by atoms with E-state index in [4.69, 9.17) is 14.9 Å². The Bertz CT molecular complexity index is 133. The van der Waals surface area contributed by atoms with Crippen LogP contribution in [0.2, 0.25) is 0 Å². The van der Waals surface area contributed by atoms with Crippen LogP contribution in [0.15, 0.2) is 0 Å². The average Bonchev–Trinajstić information content (AvgIpc) is 2.03. The van der Waals surface area contributed by atoms with Crippen LogP contribution < -0.4 is 0 Å². The molecule has 1 heterocycles. The molecule has 0 bridgehead atoms. The number of hydrogen-bond acceptors (Lipinski definition) is 3. The van der Waals surface area contributed by atoms with E-state index in [0.717, 1.165) is 19.3 Å². The maximum Gasteiger partial charge on any atom is 0.381 e. The predicted octanol–water partition coefficient (Wildman–Crippen LogP) is 1.92. The molecule has 1 fully saturated rings. The number of rotatable bonds is 2. The smallest absolute Gasteiger partial charge is 0.381 e. The minimum atomic E-state index is -0.00468. The van der Waals surface area contributed by atoms with Gasteiger partial charge in [-0.15, -0.1) is 0 Å².